The number of ketones is 1. The molecular weight excluding hydrogens is 262 g/mol. The predicted octanol–water partition coefficient (Wildman–Crippen LogP) is 4.04. The number of Topliss-reactive ketones (excluding diaryl/α,β-unsaturated/α-hetero) is 1. The average molecular weight is 283 g/mol. The summed E-state index contributed by atoms with van der Waals surface area (Å²) in [5, 5.41) is 0. The van der Waals surface area contributed by atoms with Crippen LogP contribution in [0.1, 0.15) is 42.1 Å². The van der Waals surface area contributed by atoms with E-state index in [1.807, 2.05) is 62.4 Å². The molecule has 0 saturated heterocycles. The molecule has 0 heterocycles. The molecule has 0 aliphatic heterocycles. The number of carbonyl (C=O) groups excluding carboxylic acids is 1. The summed E-state index contributed by atoms with van der Waals surface area (Å²) in [5.41, 5.74) is 8.20. The van der Waals surface area contributed by atoms with E-state index in [2.05, 4.69) is 0 Å². The molecule has 0 aliphatic carbocycles. The lowest BCUT2D eigenvalue weighted by atomic mass is 9.93. The van der Waals surface area contributed by atoms with Crippen LogP contribution in [0.4, 0.5) is 5.69 Å². The molecule has 0 aromatic heterocycles. The van der Waals surface area contributed by atoms with Crippen molar-refractivity contribution in [1.82, 2.24) is 0 Å². The maximum absolute atomic E-state index is 12.5. The summed E-state index contributed by atoms with van der Waals surface area (Å²) in [5.74, 6) is 0.908. The van der Waals surface area contributed by atoms with Gasteiger partial charge in [0, 0.05) is 12.1 Å². The van der Waals surface area contributed by atoms with Crippen molar-refractivity contribution in [2.24, 2.45) is 0 Å². The highest BCUT2D eigenvalue weighted by Crippen LogP contribution is 2.26. The lowest BCUT2D eigenvalue weighted by Crippen LogP contribution is -2.07. The number of benzene rings is 2. The number of anilines is 1. The van der Waals surface area contributed by atoms with Gasteiger partial charge in [-0.3, -0.25) is 4.79 Å². The normalized spacial score (nSPS) is 11.9. The summed E-state index contributed by atoms with van der Waals surface area (Å²) in [4.78, 5) is 12.5. The fourth-order valence-electron chi connectivity index (χ4n) is 2.31. The number of ether oxygens (including phenoxy) is 1. The van der Waals surface area contributed by atoms with Crippen LogP contribution in [0, 0.1) is 0 Å². The molecule has 0 saturated carbocycles. The minimum atomic E-state index is 0.100. The van der Waals surface area contributed by atoms with Crippen molar-refractivity contribution in [3.8, 4) is 5.75 Å². The first-order chi connectivity index (χ1) is 10.1. The van der Waals surface area contributed by atoms with Crippen LogP contribution in [-0.2, 0) is 0 Å². The highest BCUT2D eigenvalue weighted by Gasteiger charge is 2.16. The average Bonchev–Trinajstić information content (AvgIpc) is 2.48. The number of carbonyl (C=O) groups is 1. The third-order valence-corrected chi connectivity index (χ3v) is 3.48. The first-order valence-corrected chi connectivity index (χ1v) is 7.22. The van der Waals surface area contributed by atoms with Crippen molar-refractivity contribution < 1.29 is 9.53 Å². The minimum Gasteiger partial charge on any atom is -0.493 e. The van der Waals surface area contributed by atoms with Crippen LogP contribution in [0.3, 0.4) is 0 Å². The van der Waals surface area contributed by atoms with Gasteiger partial charge in [0.25, 0.3) is 0 Å². The van der Waals surface area contributed by atoms with E-state index in [0.717, 1.165) is 11.3 Å². The molecule has 0 aliphatic rings. The fraction of sp³-hybridized carbons (Fsp3) is 0.278. The Kier molecular flexibility index (Phi) is 4.99. The van der Waals surface area contributed by atoms with Crippen LogP contribution in [0.15, 0.2) is 48.5 Å². The molecule has 0 bridgehead atoms. The zero-order chi connectivity index (χ0) is 15.2. The van der Waals surface area contributed by atoms with Gasteiger partial charge in [0.1, 0.15) is 5.75 Å². The highest BCUT2D eigenvalue weighted by atomic mass is 16.5. The monoisotopic (exact) mass is 283 g/mol. The van der Waals surface area contributed by atoms with E-state index < -0.39 is 0 Å². The second-order valence-corrected chi connectivity index (χ2v) is 5.12. The molecule has 2 rings (SSSR count). The molecular formula is C18H21NO2. The van der Waals surface area contributed by atoms with Crippen molar-refractivity contribution in [3.05, 3.63) is 59.7 Å². The van der Waals surface area contributed by atoms with Gasteiger partial charge in [0.15, 0.2) is 5.78 Å². The van der Waals surface area contributed by atoms with Gasteiger partial charge in [0.2, 0.25) is 0 Å². The van der Waals surface area contributed by atoms with Crippen LogP contribution in [0.5, 0.6) is 5.75 Å². The van der Waals surface area contributed by atoms with Gasteiger partial charge in [-0.05, 0) is 42.7 Å². The lowest BCUT2D eigenvalue weighted by molar-refractivity contribution is 0.0972. The zero-order valence-corrected chi connectivity index (χ0v) is 12.5. The molecule has 0 spiro atoms. The number of nitrogens with two attached hydrogens (primary N) is 1. The Balaban J connectivity index is 2.12. The number of hydrogen-bond donors (Lipinski definition) is 1. The Hall–Kier alpha value is -2.29. The number of hydrogen-bond acceptors (Lipinski definition) is 3. The third kappa shape index (κ3) is 3.85. The highest BCUT2D eigenvalue weighted by molar-refractivity contribution is 5.99. The summed E-state index contributed by atoms with van der Waals surface area (Å²) < 4.78 is 5.52. The molecule has 2 N–H and O–H groups in total. The Morgan fingerprint density at radius 1 is 1.14 bits per heavy atom. The summed E-state index contributed by atoms with van der Waals surface area (Å²) >= 11 is 0. The van der Waals surface area contributed by atoms with Gasteiger partial charge in [-0.15, -0.1) is 0 Å². The Morgan fingerprint density at radius 3 is 2.48 bits per heavy atom. The van der Waals surface area contributed by atoms with Crippen molar-refractivity contribution >= 4 is 11.5 Å². The third-order valence-electron chi connectivity index (χ3n) is 3.48. The quantitative estimate of drug-likeness (QED) is 0.643. The molecule has 2 aromatic carbocycles. The molecule has 2 aromatic rings. The maximum Gasteiger partial charge on any atom is 0.167 e. The van der Waals surface area contributed by atoms with E-state index in [0.29, 0.717) is 24.3 Å². The van der Waals surface area contributed by atoms with E-state index in [-0.39, 0.29) is 11.7 Å². The van der Waals surface area contributed by atoms with Crippen LogP contribution in [0.2, 0.25) is 0 Å². The molecule has 21 heavy (non-hydrogen) atoms. The van der Waals surface area contributed by atoms with Crippen molar-refractivity contribution in [1.29, 1.82) is 0 Å². The summed E-state index contributed by atoms with van der Waals surface area (Å²) in [6.45, 7) is 4.52. The largest absolute Gasteiger partial charge is 0.493 e. The Morgan fingerprint density at radius 2 is 1.81 bits per heavy atom. The Bertz CT molecular complexity index is 605. The molecule has 3 heteroatoms. The van der Waals surface area contributed by atoms with Crippen LogP contribution >= 0.6 is 0 Å². The van der Waals surface area contributed by atoms with Crippen LogP contribution in [0.25, 0.3) is 0 Å². The Labute approximate surface area is 125 Å². The standard InChI is InChI=1S/C18H21NO2/c1-3-21-18-7-5-4-6-16(18)17(20)12-13(2)14-8-10-15(19)11-9-14/h4-11,13H,3,12,19H2,1-2H3. The molecule has 3 nitrogen and oxygen atoms in total. The van der Waals surface area contributed by atoms with E-state index in [4.69, 9.17) is 10.5 Å². The number of para-hydroxylation sites is 1. The minimum absolute atomic E-state index is 0.100. The van der Waals surface area contributed by atoms with Crippen LogP contribution in [-0.4, -0.2) is 12.4 Å². The molecule has 1 atom stereocenters. The molecule has 1 unspecified atom stereocenters. The van der Waals surface area contributed by atoms with E-state index in [1.165, 1.54) is 0 Å². The molecule has 110 valence electrons. The predicted molar refractivity (Wildman–Crippen MR) is 85.8 cm³/mol. The van der Waals surface area contributed by atoms with Gasteiger partial charge in [-0.1, -0.05) is 31.2 Å². The van der Waals surface area contributed by atoms with Crippen molar-refractivity contribution in [3.63, 3.8) is 0 Å². The van der Waals surface area contributed by atoms with E-state index in [9.17, 15) is 4.79 Å². The van der Waals surface area contributed by atoms with Gasteiger partial charge in [-0.25, -0.2) is 0 Å². The van der Waals surface area contributed by atoms with E-state index in [1.54, 1.807) is 0 Å². The van der Waals surface area contributed by atoms with Gasteiger partial charge >= 0.3 is 0 Å². The fourth-order valence-corrected chi connectivity index (χ4v) is 2.31. The summed E-state index contributed by atoms with van der Waals surface area (Å²) in [6, 6.07) is 15.1. The lowest BCUT2D eigenvalue weighted by Gasteiger charge is -2.13. The maximum atomic E-state index is 12.5. The summed E-state index contributed by atoms with van der Waals surface area (Å²) in [7, 11) is 0. The SMILES string of the molecule is CCOc1ccccc1C(=O)CC(C)c1ccc(N)cc1. The number of rotatable bonds is 6. The molecule has 0 radical (unpaired) electrons. The van der Waals surface area contributed by atoms with Gasteiger partial charge < -0.3 is 10.5 Å². The molecule has 0 amide bonds. The topological polar surface area (TPSA) is 52.3 Å². The van der Waals surface area contributed by atoms with Crippen molar-refractivity contribution in [2.75, 3.05) is 12.3 Å². The smallest absolute Gasteiger partial charge is 0.167 e. The second kappa shape index (κ2) is 6.93. The van der Waals surface area contributed by atoms with Crippen molar-refractivity contribution in [2.45, 2.75) is 26.2 Å². The zero-order valence-electron chi connectivity index (χ0n) is 12.5. The second-order valence-electron chi connectivity index (χ2n) is 5.12. The van der Waals surface area contributed by atoms with E-state index >= 15 is 0 Å². The number of nitrogen functional groups attached to an aromatic ring is 1. The summed E-state index contributed by atoms with van der Waals surface area (Å²) in [6.07, 6.45) is 0.452. The first kappa shape index (κ1) is 15.1. The van der Waals surface area contributed by atoms with Crippen LogP contribution < -0.4 is 10.5 Å². The molecule has 0 fully saturated rings. The van der Waals surface area contributed by atoms with Gasteiger partial charge in [-0.2, -0.15) is 0 Å². The van der Waals surface area contributed by atoms with Gasteiger partial charge in [0.05, 0.1) is 12.2 Å². The first-order valence-electron chi connectivity index (χ1n) is 7.22.